The Hall–Kier alpha value is -3.20. The molecule has 0 fully saturated rings. The molecule has 0 amide bonds. The predicted octanol–water partition coefficient (Wildman–Crippen LogP) is 3.33. The lowest BCUT2D eigenvalue weighted by Crippen LogP contribution is -1.98. The van der Waals surface area contributed by atoms with Crippen LogP contribution in [0.15, 0.2) is 57.6 Å². The minimum absolute atomic E-state index is 0.154. The maximum atomic E-state index is 9.10. The number of benzene rings is 1. The molecule has 22 heavy (non-hydrogen) atoms. The van der Waals surface area contributed by atoms with Crippen LogP contribution < -0.4 is 10.1 Å². The molecule has 1 N–H and O–H groups in total. The van der Waals surface area contributed by atoms with Gasteiger partial charge in [0, 0.05) is 0 Å². The zero-order valence-electron chi connectivity index (χ0n) is 11.7. The van der Waals surface area contributed by atoms with E-state index in [0.717, 1.165) is 5.76 Å². The number of furan rings is 1. The van der Waals surface area contributed by atoms with Crippen molar-refractivity contribution in [3.63, 3.8) is 0 Å². The van der Waals surface area contributed by atoms with Crippen LogP contribution >= 0.6 is 0 Å². The number of oxazole rings is 1. The highest BCUT2D eigenvalue weighted by Gasteiger charge is 2.13. The molecule has 0 radical (unpaired) electrons. The summed E-state index contributed by atoms with van der Waals surface area (Å²) in [6.07, 6.45) is 1.59. The molecule has 2 heterocycles. The lowest BCUT2D eigenvalue weighted by molar-refractivity contribution is 0.264. The van der Waals surface area contributed by atoms with Crippen LogP contribution in [-0.4, -0.2) is 4.98 Å². The molecular formula is C16H13N3O3. The van der Waals surface area contributed by atoms with Crippen LogP contribution in [0.4, 0.5) is 5.88 Å². The summed E-state index contributed by atoms with van der Waals surface area (Å²) in [6, 6.07) is 14.9. The second kappa shape index (κ2) is 6.50. The van der Waals surface area contributed by atoms with Crippen molar-refractivity contribution in [3.05, 3.63) is 66.1 Å². The average Bonchev–Trinajstić information content (AvgIpc) is 3.21. The van der Waals surface area contributed by atoms with E-state index < -0.39 is 0 Å². The summed E-state index contributed by atoms with van der Waals surface area (Å²) in [6.45, 7) is 0.566. The van der Waals surface area contributed by atoms with Crippen LogP contribution in [0.3, 0.4) is 0 Å². The Balaban J connectivity index is 1.64. The highest BCUT2D eigenvalue weighted by atomic mass is 16.5. The third kappa shape index (κ3) is 3.27. The predicted molar refractivity (Wildman–Crippen MR) is 78.0 cm³/mol. The molecule has 6 nitrogen and oxygen atoms in total. The molecule has 110 valence electrons. The van der Waals surface area contributed by atoms with Crippen LogP contribution in [0.5, 0.6) is 5.75 Å². The maximum Gasteiger partial charge on any atom is 0.236 e. The highest BCUT2D eigenvalue weighted by molar-refractivity contribution is 5.45. The van der Waals surface area contributed by atoms with E-state index in [1.807, 2.05) is 42.5 Å². The van der Waals surface area contributed by atoms with Gasteiger partial charge >= 0.3 is 0 Å². The van der Waals surface area contributed by atoms with Crippen LogP contribution in [0.25, 0.3) is 0 Å². The Kier molecular flexibility index (Phi) is 4.07. The standard InChI is InChI=1S/C16H13N3O3/c17-9-14-16(18-10-13-7-4-8-20-13)22-15(19-14)11-21-12-5-2-1-3-6-12/h1-8,18H,10-11H2. The normalized spacial score (nSPS) is 10.1. The fourth-order valence-electron chi connectivity index (χ4n) is 1.86. The van der Waals surface area contributed by atoms with Crippen molar-refractivity contribution in [2.75, 3.05) is 5.32 Å². The molecule has 0 atom stereocenters. The Morgan fingerprint density at radius 2 is 2.05 bits per heavy atom. The number of nitrogens with one attached hydrogen (secondary N) is 1. The molecule has 0 saturated carbocycles. The minimum Gasteiger partial charge on any atom is -0.484 e. The van der Waals surface area contributed by atoms with Gasteiger partial charge in [0.25, 0.3) is 0 Å². The molecule has 6 heteroatoms. The first-order chi connectivity index (χ1) is 10.8. The van der Waals surface area contributed by atoms with E-state index in [1.165, 1.54) is 0 Å². The minimum atomic E-state index is 0.154. The quantitative estimate of drug-likeness (QED) is 0.751. The number of para-hydroxylation sites is 1. The number of nitriles is 1. The molecule has 2 aromatic heterocycles. The SMILES string of the molecule is N#Cc1nc(COc2ccccc2)oc1NCc1ccco1. The summed E-state index contributed by atoms with van der Waals surface area (Å²) in [5.41, 5.74) is 0.193. The number of hydrogen-bond donors (Lipinski definition) is 1. The summed E-state index contributed by atoms with van der Waals surface area (Å²) in [4.78, 5) is 4.10. The first-order valence-electron chi connectivity index (χ1n) is 6.69. The topological polar surface area (TPSA) is 84.2 Å². The summed E-state index contributed by atoms with van der Waals surface area (Å²) >= 11 is 0. The molecule has 0 saturated heterocycles. The smallest absolute Gasteiger partial charge is 0.236 e. The van der Waals surface area contributed by atoms with E-state index in [1.54, 1.807) is 12.3 Å². The molecular weight excluding hydrogens is 282 g/mol. The third-order valence-corrected chi connectivity index (χ3v) is 2.89. The van der Waals surface area contributed by atoms with Gasteiger partial charge in [-0.1, -0.05) is 18.2 Å². The highest BCUT2D eigenvalue weighted by Crippen LogP contribution is 2.19. The fraction of sp³-hybridized carbons (Fsp3) is 0.125. The van der Waals surface area contributed by atoms with Gasteiger partial charge in [0.15, 0.2) is 6.61 Å². The van der Waals surface area contributed by atoms with Gasteiger partial charge in [-0.15, -0.1) is 0 Å². The van der Waals surface area contributed by atoms with E-state index >= 15 is 0 Å². The van der Waals surface area contributed by atoms with E-state index in [4.69, 9.17) is 18.8 Å². The van der Waals surface area contributed by atoms with Gasteiger partial charge in [0.1, 0.15) is 17.6 Å². The van der Waals surface area contributed by atoms with Crippen LogP contribution in [0.2, 0.25) is 0 Å². The monoisotopic (exact) mass is 295 g/mol. The number of ether oxygens (including phenoxy) is 1. The first kappa shape index (κ1) is 13.8. The lowest BCUT2D eigenvalue weighted by Gasteiger charge is -2.02. The zero-order valence-corrected chi connectivity index (χ0v) is 11.7. The Labute approximate surface area is 127 Å². The number of hydrogen-bond acceptors (Lipinski definition) is 6. The molecule has 0 aliphatic heterocycles. The molecule has 1 aromatic carbocycles. The molecule has 3 rings (SSSR count). The summed E-state index contributed by atoms with van der Waals surface area (Å²) in [5, 5.41) is 12.1. The second-order valence-corrected chi connectivity index (χ2v) is 4.43. The van der Waals surface area contributed by atoms with Gasteiger partial charge in [0.2, 0.25) is 17.5 Å². The van der Waals surface area contributed by atoms with E-state index in [2.05, 4.69) is 10.3 Å². The molecule has 0 bridgehead atoms. The van der Waals surface area contributed by atoms with E-state index in [9.17, 15) is 0 Å². The van der Waals surface area contributed by atoms with Crippen molar-refractivity contribution in [3.8, 4) is 11.8 Å². The van der Waals surface area contributed by atoms with Crippen LogP contribution in [-0.2, 0) is 13.2 Å². The zero-order chi connectivity index (χ0) is 15.2. The van der Waals surface area contributed by atoms with Gasteiger partial charge in [0.05, 0.1) is 12.8 Å². The van der Waals surface area contributed by atoms with Crippen molar-refractivity contribution < 1.29 is 13.6 Å². The van der Waals surface area contributed by atoms with Gasteiger partial charge in [-0.3, -0.25) is 0 Å². The van der Waals surface area contributed by atoms with Crippen molar-refractivity contribution in [1.29, 1.82) is 5.26 Å². The molecule has 3 aromatic rings. The number of aromatic nitrogens is 1. The van der Waals surface area contributed by atoms with Crippen LogP contribution in [0, 0.1) is 11.3 Å². The van der Waals surface area contributed by atoms with Crippen molar-refractivity contribution in [1.82, 2.24) is 4.98 Å². The van der Waals surface area contributed by atoms with Gasteiger partial charge < -0.3 is 18.9 Å². The summed E-state index contributed by atoms with van der Waals surface area (Å²) in [5.74, 6) is 2.10. The maximum absolute atomic E-state index is 9.10. The first-order valence-corrected chi connectivity index (χ1v) is 6.69. The molecule has 0 unspecified atom stereocenters. The van der Waals surface area contributed by atoms with E-state index in [0.29, 0.717) is 24.1 Å². The van der Waals surface area contributed by atoms with Gasteiger partial charge in [-0.05, 0) is 24.3 Å². The van der Waals surface area contributed by atoms with Gasteiger partial charge in [-0.2, -0.15) is 10.2 Å². The number of anilines is 1. The molecule has 0 aliphatic rings. The summed E-state index contributed by atoms with van der Waals surface area (Å²) in [7, 11) is 0. The molecule has 0 spiro atoms. The van der Waals surface area contributed by atoms with Crippen molar-refractivity contribution >= 4 is 5.88 Å². The fourth-order valence-corrected chi connectivity index (χ4v) is 1.86. The second-order valence-electron chi connectivity index (χ2n) is 4.43. The number of nitrogens with zero attached hydrogens (tertiary/aromatic N) is 2. The van der Waals surface area contributed by atoms with Crippen molar-refractivity contribution in [2.45, 2.75) is 13.2 Å². The van der Waals surface area contributed by atoms with E-state index in [-0.39, 0.29) is 12.3 Å². The van der Waals surface area contributed by atoms with Gasteiger partial charge in [-0.25, -0.2) is 0 Å². The van der Waals surface area contributed by atoms with Crippen LogP contribution in [0.1, 0.15) is 17.3 Å². The third-order valence-electron chi connectivity index (χ3n) is 2.89. The Morgan fingerprint density at radius 3 is 2.77 bits per heavy atom. The number of rotatable bonds is 6. The Morgan fingerprint density at radius 1 is 1.18 bits per heavy atom. The Bertz CT molecular complexity index is 758. The largest absolute Gasteiger partial charge is 0.484 e. The summed E-state index contributed by atoms with van der Waals surface area (Å²) < 4.78 is 16.3. The van der Waals surface area contributed by atoms with Crippen molar-refractivity contribution in [2.24, 2.45) is 0 Å². The lowest BCUT2D eigenvalue weighted by atomic mass is 10.3. The molecule has 0 aliphatic carbocycles. The average molecular weight is 295 g/mol.